The van der Waals surface area contributed by atoms with Crippen LogP contribution < -0.4 is 10.4 Å². The first-order valence-corrected chi connectivity index (χ1v) is 7.92. The molecule has 124 valence electrons. The zero-order valence-electron chi connectivity index (χ0n) is 13.4. The van der Waals surface area contributed by atoms with Crippen molar-refractivity contribution in [1.82, 2.24) is 9.97 Å². The second-order valence-electron chi connectivity index (χ2n) is 5.61. The molecule has 0 unspecified atom stereocenters. The number of carbonyl (C=O) groups excluding carboxylic acids is 1. The molecule has 25 heavy (non-hydrogen) atoms. The molecule has 0 saturated carbocycles. The smallest absolute Gasteiger partial charge is 0.196 e. The number of carbonyl (C=O) groups is 1. The normalized spacial score (nSPS) is 11.1. The molecule has 0 fully saturated rings. The number of carboxylic acid groups (broad SMARTS) is 1. The predicted molar refractivity (Wildman–Crippen MR) is 92.7 cm³/mol. The number of nitrogens with zero attached hydrogens (tertiary/aromatic N) is 2. The third kappa shape index (κ3) is 2.67. The van der Waals surface area contributed by atoms with Gasteiger partial charge >= 0.3 is 0 Å². The van der Waals surface area contributed by atoms with Gasteiger partial charge in [-0.1, -0.05) is 31.2 Å². The Hall–Kier alpha value is -3.41. The molecular formula is C19H14N3O3-. The van der Waals surface area contributed by atoms with E-state index in [0.717, 1.165) is 16.5 Å². The van der Waals surface area contributed by atoms with Crippen LogP contribution in [0.2, 0.25) is 0 Å². The quantitative estimate of drug-likeness (QED) is 0.617. The largest absolute Gasteiger partial charge is 0.545 e. The fourth-order valence-electron chi connectivity index (χ4n) is 2.74. The summed E-state index contributed by atoms with van der Waals surface area (Å²) in [5, 5.41) is 15.1. The Kier molecular flexibility index (Phi) is 3.57. The average Bonchev–Trinajstić information content (AvgIpc) is 3.01. The van der Waals surface area contributed by atoms with Crippen molar-refractivity contribution in [3.63, 3.8) is 0 Å². The molecule has 0 spiro atoms. The highest BCUT2D eigenvalue weighted by atomic mass is 16.4. The van der Waals surface area contributed by atoms with Gasteiger partial charge in [-0.05, 0) is 29.8 Å². The van der Waals surface area contributed by atoms with Gasteiger partial charge in [0.1, 0.15) is 16.9 Å². The fraction of sp³-hybridized carbons (Fsp3) is 0.105. The minimum absolute atomic E-state index is 0.0932. The number of nitrogens with one attached hydrogen (secondary N) is 1. The lowest BCUT2D eigenvalue weighted by atomic mass is 10.2. The lowest BCUT2D eigenvalue weighted by Crippen LogP contribution is -2.22. The summed E-state index contributed by atoms with van der Waals surface area (Å²) in [4.78, 5) is 20.1. The number of carboxylic acids is 1. The molecule has 2 heterocycles. The van der Waals surface area contributed by atoms with Crippen molar-refractivity contribution in [2.75, 3.05) is 5.32 Å². The van der Waals surface area contributed by atoms with E-state index in [1.54, 1.807) is 12.1 Å². The monoisotopic (exact) mass is 332 g/mol. The Morgan fingerprint density at radius 3 is 2.80 bits per heavy atom. The van der Waals surface area contributed by atoms with Gasteiger partial charge in [0.25, 0.3) is 0 Å². The maximum absolute atomic E-state index is 11.1. The van der Waals surface area contributed by atoms with Crippen molar-refractivity contribution in [2.24, 2.45) is 0 Å². The zero-order chi connectivity index (χ0) is 17.4. The van der Waals surface area contributed by atoms with Crippen LogP contribution in [0.15, 0.2) is 52.9 Å². The standard InChI is InChI=1S/C19H15N3O3/c1-2-15-21-16-13-8-3-4-9-14(13)25-17(16)18(22-15)20-12-7-5-6-11(10-12)19(23)24/h3-10H,2H2,1H3,(H,23,24)(H,20,21,22)/p-1. The number of anilines is 2. The van der Waals surface area contributed by atoms with E-state index in [9.17, 15) is 9.90 Å². The molecular weight excluding hydrogens is 318 g/mol. The molecule has 0 bridgehead atoms. The second-order valence-corrected chi connectivity index (χ2v) is 5.61. The Morgan fingerprint density at radius 2 is 2.00 bits per heavy atom. The van der Waals surface area contributed by atoms with E-state index in [0.29, 0.717) is 29.3 Å². The summed E-state index contributed by atoms with van der Waals surface area (Å²) in [5.41, 5.74) is 2.68. The van der Waals surface area contributed by atoms with Crippen LogP contribution >= 0.6 is 0 Å². The van der Waals surface area contributed by atoms with Gasteiger partial charge in [0.2, 0.25) is 0 Å². The summed E-state index contributed by atoms with van der Waals surface area (Å²) < 4.78 is 5.92. The van der Waals surface area contributed by atoms with Crippen LogP contribution in [0, 0.1) is 0 Å². The van der Waals surface area contributed by atoms with E-state index >= 15 is 0 Å². The second kappa shape index (κ2) is 5.90. The summed E-state index contributed by atoms with van der Waals surface area (Å²) in [5.74, 6) is -0.0411. The van der Waals surface area contributed by atoms with E-state index < -0.39 is 5.97 Å². The van der Waals surface area contributed by atoms with Gasteiger partial charge in [0, 0.05) is 17.5 Å². The highest BCUT2D eigenvalue weighted by Gasteiger charge is 2.15. The highest BCUT2D eigenvalue weighted by molar-refractivity contribution is 6.06. The summed E-state index contributed by atoms with van der Waals surface area (Å²) in [7, 11) is 0. The molecule has 0 atom stereocenters. The van der Waals surface area contributed by atoms with Gasteiger partial charge in [-0.25, -0.2) is 9.97 Å². The van der Waals surface area contributed by atoms with Gasteiger partial charge in [-0.3, -0.25) is 0 Å². The molecule has 6 heteroatoms. The van der Waals surface area contributed by atoms with Crippen LogP contribution in [0.25, 0.3) is 22.1 Å². The Morgan fingerprint density at radius 1 is 1.16 bits per heavy atom. The molecule has 0 aliphatic heterocycles. The van der Waals surface area contributed by atoms with Crippen molar-refractivity contribution in [2.45, 2.75) is 13.3 Å². The SMILES string of the molecule is CCc1nc(Nc2cccc(C(=O)[O-])c2)c2oc3ccccc3c2n1. The van der Waals surface area contributed by atoms with Crippen LogP contribution in [0.5, 0.6) is 0 Å². The van der Waals surface area contributed by atoms with Gasteiger partial charge in [0.15, 0.2) is 11.4 Å². The molecule has 4 aromatic rings. The molecule has 0 aliphatic rings. The number of furan rings is 1. The summed E-state index contributed by atoms with van der Waals surface area (Å²) in [6.07, 6.45) is 0.670. The van der Waals surface area contributed by atoms with Crippen molar-refractivity contribution < 1.29 is 14.3 Å². The average molecular weight is 332 g/mol. The highest BCUT2D eigenvalue weighted by Crippen LogP contribution is 2.32. The van der Waals surface area contributed by atoms with Crippen LogP contribution in [0.1, 0.15) is 23.1 Å². The van der Waals surface area contributed by atoms with Crippen molar-refractivity contribution in [3.05, 3.63) is 59.9 Å². The first-order chi connectivity index (χ1) is 12.2. The Bertz CT molecular complexity index is 1100. The Labute approximate surface area is 143 Å². The molecule has 6 nitrogen and oxygen atoms in total. The van der Waals surface area contributed by atoms with Crippen LogP contribution in [-0.4, -0.2) is 15.9 Å². The van der Waals surface area contributed by atoms with Gasteiger partial charge in [-0.15, -0.1) is 0 Å². The fourth-order valence-corrected chi connectivity index (χ4v) is 2.74. The van der Waals surface area contributed by atoms with E-state index in [1.165, 1.54) is 12.1 Å². The minimum Gasteiger partial charge on any atom is -0.545 e. The van der Waals surface area contributed by atoms with Crippen molar-refractivity contribution in [1.29, 1.82) is 0 Å². The van der Waals surface area contributed by atoms with E-state index in [1.807, 2.05) is 31.2 Å². The maximum atomic E-state index is 11.1. The first kappa shape index (κ1) is 15.1. The van der Waals surface area contributed by atoms with Crippen LogP contribution in [0.4, 0.5) is 11.5 Å². The van der Waals surface area contributed by atoms with E-state index in [2.05, 4.69) is 15.3 Å². The minimum atomic E-state index is -1.23. The van der Waals surface area contributed by atoms with E-state index in [4.69, 9.17) is 4.42 Å². The van der Waals surface area contributed by atoms with E-state index in [-0.39, 0.29) is 5.56 Å². The number of benzene rings is 2. The molecule has 2 aromatic heterocycles. The number of fused-ring (bicyclic) bond motifs is 3. The lowest BCUT2D eigenvalue weighted by Gasteiger charge is -2.09. The number of rotatable bonds is 4. The van der Waals surface area contributed by atoms with Gasteiger partial charge < -0.3 is 19.6 Å². The number of aromatic nitrogens is 2. The van der Waals surface area contributed by atoms with Crippen molar-refractivity contribution >= 4 is 39.5 Å². The molecule has 4 rings (SSSR count). The molecule has 2 aromatic carbocycles. The van der Waals surface area contributed by atoms with Crippen LogP contribution in [0.3, 0.4) is 0 Å². The summed E-state index contributed by atoms with van der Waals surface area (Å²) in [6.45, 7) is 1.98. The molecule has 0 amide bonds. The van der Waals surface area contributed by atoms with Gasteiger partial charge in [-0.2, -0.15) is 0 Å². The van der Waals surface area contributed by atoms with Crippen molar-refractivity contribution in [3.8, 4) is 0 Å². The number of hydrogen-bond donors (Lipinski definition) is 1. The number of aromatic carboxylic acids is 1. The summed E-state index contributed by atoms with van der Waals surface area (Å²) >= 11 is 0. The molecule has 0 radical (unpaired) electrons. The molecule has 1 N–H and O–H groups in total. The zero-order valence-corrected chi connectivity index (χ0v) is 13.4. The molecule has 0 aliphatic carbocycles. The number of para-hydroxylation sites is 1. The predicted octanol–water partition coefficient (Wildman–Crippen LogP) is 3.05. The molecule has 0 saturated heterocycles. The first-order valence-electron chi connectivity index (χ1n) is 7.92. The topological polar surface area (TPSA) is 91.1 Å². The Balaban J connectivity index is 1.88. The number of aryl methyl sites for hydroxylation is 1. The maximum Gasteiger partial charge on any atom is 0.196 e. The number of hydrogen-bond acceptors (Lipinski definition) is 6. The third-order valence-electron chi connectivity index (χ3n) is 3.94. The lowest BCUT2D eigenvalue weighted by molar-refractivity contribution is -0.255. The van der Waals surface area contributed by atoms with Gasteiger partial charge in [0.05, 0.1) is 5.97 Å². The van der Waals surface area contributed by atoms with Crippen LogP contribution in [-0.2, 0) is 6.42 Å². The summed E-state index contributed by atoms with van der Waals surface area (Å²) in [6, 6.07) is 14.0. The third-order valence-corrected chi connectivity index (χ3v) is 3.94.